The number of carbonyl (C=O) groups is 2. The second kappa shape index (κ2) is 8.14. The van der Waals surface area contributed by atoms with Crippen molar-refractivity contribution in [2.24, 2.45) is 5.73 Å². The molecule has 2 aromatic rings. The Morgan fingerprint density at radius 3 is 2.52 bits per heavy atom. The van der Waals surface area contributed by atoms with E-state index in [4.69, 9.17) is 5.73 Å². The second-order valence-electron chi connectivity index (χ2n) is 5.69. The van der Waals surface area contributed by atoms with E-state index in [1.807, 2.05) is 49.2 Å². The third kappa shape index (κ3) is 4.94. The molecule has 0 bridgehead atoms. The van der Waals surface area contributed by atoms with Gasteiger partial charge >= 0.3 is 6.03 Å². The first-order valence-corrected chi connectivity index (χ1v) is 7.80. The van der Waals surface area contributed by atoms with Gasteiger partial charge in [0.1, 0.15) is 5.82 Å². The average molecular weight is 344 g/mol. The van der Waals surface area contributed by atoms with Crippen molar-refractivity contribution in [1.82, 2.24) is 5.32 Å². The number of carbonyl (C=O) groups excluding carboxylic acids is 2. The van der Waals surface area contributed by atoms with E-state index in [-0.39, 0.29) is 17.3 Å². The standard InChI is InChI=1S/C18H21FN4O2/c1-12(23(2)14-6-4-3-5-7-14)11-21-18(25)22-13-8-9-16(19)15(10-13)17(20)24/h3-10,12H,11H2,1-2H3,(H2,20,24)(H2,21,22,25)/t12-/m0/s1. The number of anilines is 2. The molecule has 25 heavy (non-hydrogen) atoms. The van der Waals surface area contributed by atoms with Gasteiger partial charge < -0.3 is 21.3 Å². The molecule has 1 atom stereocenters. The number of hydrogen-bond acceptors (Lipinski definition) is 3. The smallest absolute Gasteiger partial charge is 0.319 e. The number of nitrogens with zero attached hydrogens (tertiary/aromatic N) is 1. The van der Waals surface area contributed by atoms with Crippen molar-refractivity contribution in [3.63, 3.8) is 0 Å². The molecule has 3 amide bonds. The van der Waals surface area contributed by atoms with Gasteiger partial charge in [-0.2, -0.15) is 0 Å². The maximum Gasteiger partial charge on any atom is 0.319 e. The third-order valence-corrected chi connectivity index (χ3v) is 3.87. The van der Waals surface area contributed by atoms with E-state index in [2.05, 4.69) is 10.6 Å². The molecule has 0 aliphatic heterocycles. The van der Waals surface area contributed by atoms with Gasteiger partial charge in [0.05, 0.1) is 5.56 Å². The summed E-state index contributed by atoms with van der Waals surface area (Å²) in [6.07, 6.45) is 0. The van der Waals surface area contributed by atoms with Gasteiger partial charge in [0.2, 0.25) is 0 Å². The molecule has 0 aliphatic carbocycles. The van der Waals surface area contributed by atoms with Gasteiger partial charge in [0.15, 0.2) is 0 Å². The molecule has 0 saturated carbocycles. The Balaban J connectivity index is 1.90. The van der Waals surface area contributed by atoms with Crippen molar-refractivity contribution in [3.05, 3.63) is 59.9 Å². The van der Waals surface area contributed by atoms with E-state index in [0.717, 1.165) is 11.8 Å². The zero-order chi connectivity index (χ0) is 18.4. The fraction of sp³-hybridized carbons (Fsp3) is 0.222. The number of urea groups is 1. The fourth-order valence-corrected chi connectivity index (χ4v) is 2.26. The number of halogens is 1. The van der Waals surface area contributed by atoms with Crippen LogP contribution in [-0.4, -0.2) is 31.6 Å². The summed E-state index contributed by atoms with van der Waals surface area (Å²) < 4.78 is 13.4. The molecule has 0 unspecified atom stereocenters. The first kappa shape index (κ1) is 18.3. The molecule has 7 heteroatoms. The molecule has 2 aromatic carbocycles. The quantitative estimate of drug-likeness (QED) is 0.753. The lowest BCUT2D eigenvalue weighted by atomic mass is 10.2. The molecule has 0 fully saturated rings. The molecule has 0 saturated heterocycles. The Bertz CT molecular complexity index is 752. The Hall–Kier alpha value is -3.09. The second-order valence-corrected chi connectivity index (χ2v) is 5.69. The number of hydrogen-bond donors (Lipinski definition) is 3. The van der Waals surface area contributed by atoms with E-state index in [1.165, 1.54) is 12.1 Å². The summed E-state index contributed by atoms with van der Waals surface area (Å²) in [5, 5.41) is 5.30. The van der Waals surface area contributed by atoms with Gasteiger partial charge in [0.25, 0.3) is 5.91 Å². The van der Waals surface area contributed by atoms with Crippen LogP contribution in [-0.2, 0) is 0 Å². The Morgan fingerprint density at radius 1 is 1.20 bits per heavy atom. The lowest BCUT2D eigenvalue weighted by Gasteiger charge is -2.27. The number of primary amides is 1. The van der Waals surface area contributed by atoms with E-state index in [9.17, 15) is 14.0 Å². The largest absolute Gasteiger partial charge is 0.370 e. The predicted molar refractivity (Wildman–Crippen MR) is 96.2 cm³/mol. The van der Waals surface area contributed by atoms with Crippen LogP contribution >= 0.6 is 0 Å². The minimum atomic E-state index is -0.889. The molecule has 0 spiro atoms. The van der Waals surface area contributed by atoms with E-state index >= 15 is 0 Å². The molecule has 0 heterocycles. The van der Waals surface area contributed by atoms with Crippen molar-refractivity contribution >= 4 is 23.3 Å². The summed E-state index contributed by atoms with van der Waals surface area (Å²) in [6.45, 7) is 2.39. The van der Waals surface area contributed by atoms with Crippen molar-refractivity contribution in [2.75, 3.05) is 23.8 Å². The zero-order valence-electron chi connectivity index (χ0n) is 14.1. The number of benzene rings is 2. The number of rotatable bonds is 6. The van der Waals surface area contributed by atoms with Gasteiger partial charge in [-0.15, -0.1) is 0 Å². The van der Waals surface area contributed by atoms with Crippen LogP contribution in [0.3, 0.4) is 0 Å². The zero-order valence-corrected chi connectivity index (χ0v) is 14.1. The normalized spacial score (nSPS) is 11.5. The first-order chi connectivity index (χ1) is 11.9. The minimum absolute atomic E-state index is 0.0579. The summed E-state index contributed by atoms with van der Waals surface area (Å²) in [4.78, 5) is 25.2. The highest BCUT2D eigenvalue weighted by atomic mass is 19.1. The lowest BCUT2D eigenvalue weighted by molar-refractivity contribution is 0.0996. The first-order valence-electron chi connectivity index (χ1n) is 7.80. The average Bonchev–Trinajstić information content (AvgIpc) is 2.61. The number of para-hydroxylation sites is 1. The molecule has 0 radical (unpaired) electrons. The van der Waals surface area contributed by atoms with E-state index in [0.29, 0.717) is 6.54 Å². The van der Waals surface area contributed by atoms with Crippen molar-refractivity contribution < 1.29 is 14.0 Å². The molecular weight excluding hydrogens is 323 g/mol. The van der Waals surface area contributed by atoms with Gasteiger partial charge in [-0.1, -0.05) is 18.2 Å². The van der Waals surface area contributed by atoms with Crippen LogP contribution in [0.4, 0.5) is 20.6 Å². The summed E-state index contributed by atoms with van der Waals surface area (Å²) in [6, 6.07) is 13.1. The maximum atomic E-state index is 13.4. The van der Waals surface area contributed by atoms with Crippen LogP contribution < -0.4 is 21.3 Å². The van der Waals surface area contributed by atoms with Crippen LogP contribution in [0.15, 0.2) is 48.5 Å². The predicted octanol–water partition coefficient (Wildman–Crippen LogP) is 2.57. The monoisotopic (exact) mass is 344 g/mol. The Kier molecular flexibility index (Phi) is 5.94. The molecule has 0 aliphatic rings. The van der Waals surface area contributed by atoms with E-state index in [1.54, 1.807) is 0 Å². The molecule has 0 aromatic heterocycles. The summed E-state index contributed by atoms with van der Waals surface area (Å²) in [5.41, 5.74) is 6.15. The highest BCUT2D eigenvalue weighted by molar-refractivity contribution is 5.96. The minimum Gasteiger partial charge on any atom is -0.370 e. The van der Waals surface area contributed by atoms with E-state index < -0.39 is 17.8 Å². The van der Waals surface area contributed by atoms with Gasteiger partial charge in [-0.25, -0.2) is 9.18 Å². The highest BCUT2D eigenvalue weighted by Crippen LogP contribution is 2.15. The topological polar surface area (TPSA) is 87.5 Å². The van der Waals surface area contributed by atoms with Gasteiger partial charge in [0, 0.05) is 31.0 Å². The van der Waals surface area contributed by atoms with Gasteiger partial charge in [-0.05, 0) is 37.3 Å². The van der Waals surface area contributed by atoms with Crippen LogP contribution in [0.1, 0.15) is 17.3 Å². The number of nitrogens with two attached hydrogens (primary N) is 1. The van der Waals surface area contributed by atoms with Crippen LogP contribution in [0.25, 0.3) is 0 Å². The third-order valence-electron chi connectivity index (χ3n) is 3.87. The van der Waals surface area contributed by atoms with Crippen LogP contribution in [0.5, 0.6) is 0 Å². The van der Waals surface area contributed by atoms with Crippen LogP contribution in [0.2, 0.25) is 0 Å². The number of amides is 3. The summed E-state index contributed by atoms with van der Waals surface area (Å²) >= 11 is 0. The van der Waals surface area contributed by atoms with Crippen LogP contribution in [0, 0.1) is 5.82 Å². The Labute approximate surface area is 145 Å². The number of nitrogens with one attached hydrogen (secondary N) is 2. The molecule has 4 N–H and O–H groups in total. The molecule has 2 rings (SSSR count). The Morgan fingerprint density at radius 2 is 1.88 bits per heavy atom. The number of likely N-dealkylation sites (N-methyl/N-ethyl adjacent to an activating group) is 1. The maximum absolute atomic E-state index is 13.4. The molecule has 132 valence electrons. The highest BCUT2D eigenvalue weighted by Gasteiger charge is 2.13. The molecular formula is C18H21FN4O2. The molecule has 6 nitrogen and oxygen atoms in total. The summed E-state index contributed by atoms with van der Waals surface area (Å²) in [5.74, 6) is -1.61. The van der Waals surface area contributed by atoms with Gasteiger partial charge in [-0.3, -0.25) is 4.79 Å². The van der Waals surface area contributed by atoms with Crippen molar-refractivity contribution in [2.45, 2.75) is 13.0 Å². The fourth-order valence-electron chi connectivity index (χ4n) is 2.26. The SMILES string of the molecule is C[C@@H](CNC(=O)Nc1ccc(F)c(C(N)=O)c1)N(C)c1ccccc1. The summed E-state index contributed by atoms with van der Waals surface area (Å²) in [7, 11) is 1.94. The van der Waals surface area contributed by atoms with Crippen molar-refractivity contribution in [1.29, 1.82) is 0 Å². The lowest BCUT2D eigenvalue weighted by Crippen LogP contribution is -2.41. The van der Waals surface area contributed by atoms with Crippen molar-refractivity contribution in [3.8, 4) is 0 Å².